The van der Waals surface area contributed by atoms with Crippen molar-refractivity contribution in [3.63, 3.8) is 0 Å². The minimum absolute atomic E-state index is 0.0592. The van der Waals surface area contributed by atoms with Gasteiger partial charge >= 0.3 is 6.18 Å². The highest BCUT2D eigenvalue weighted by molar-refractivity contribution is 6.03. The second-order valence-electron chi connectivity index (χ2n) is 5.58. The minimum Gasteiger partial charge on any atom is -0.344 e. The number of unbranched alkanes of at least 4 members (excludes halogenated alkanes) is 1. The Bertz CT molecular complexity index is 717. The highest BCUT2D eigenvalue weighted by atomic mass is 19.4. The van der Waals surface area contributed by atoms with Crippen LogP contribution in [0.2, 0.25) is 0 Å². The molecule has 134 valence electrons. The quantitative estimate of drug-likeness (QED) is 0.854. The Morgan fingerprint density at radius 1 is 1.24 bits per heavy atom. The van der Waals surface area contributed by atoms with Gasteiger partial charge in [-0.25, -0.2) is 9.97 Å². The molecule has 5 nitrogen and oxygen atoms in total. The number of carbonyl (C=O) groups excluding carboxylic acids is 1. The van der Waals surface area contributed by atoms with E-state index in [2.05, 4.69) is 22.2 Å². The Balaban J connectivity index is 2.06. The second kappa shape index (κ2) is 7.96. The fourth-order valence-electron chi connectivity index (χ4n) is 2.11. The van der Waals surface area contributed by atoms with Gasteiger partial charge in [-0.3, -0.25) is 4.79 Å². The van der Waals surface area contributed by atoms with Gasteiger partial charge in [0.25, 0.3) is 5.91 Å². The van der Waals surface area contributed by atoms with Crippen LogP contribution in [0.3, 0.4) is 0 Å². The van der Waals surface area contributed by atoms with E-state index in [9.17, 15) is 18.0 Å². The summed E-state index contributed by atoms with van der Waals surface area (Å²) in [6.45, 7) is 2.88. The molecular weight excluding hydrogens is 333 g/mol. The third kappa shape index (κ3) is 5.17. The minimum atomic E-state index is -4.46. The summed E-state index contributed by atoms with van der Waals surface area (Å²) >= 11 is 0. The smallest absolute Gasteiger partial charge is 0.344 e. The molecule has 1 amide bonds. The second-order valence-corrected chi connectivity index (χ2v) is 5.58. The van der Waals surface area contributed by atoms with E-state index in [0.717, 1.165) is 31.5 Å². The summed E-state index contributed by atoms with van der Waals surface area (Å²) in [5.41, 5.74) is -0.594. The molecule has 1 heterocycles. The van der Waals surface area contributed by atoms with E-state index in [0.29, 0.717) is 5.95 Å². The number of hydrogen-bond donors (Lipinski definition) is 1. The van der Waals surface area contributed by atoms with Crippen molar-refractivity contribution in [3.05, 3.63) is 47.8 Å². The van der Waals surface area contributed by atoms with Gasteiger partial charge in [0.15, 0.2) is 0 Å². The van der Waals surface area contributed by atoms with Crippen molar-refractivity contribution in [1.29, 1.82) is 0 Å². The first-order valence-corrected chi connectivity index (χ1v) is 7.83. The number of rotatable bonds is 6. The standard InChI is InChI=1S/C17H19F3N4O/c1-3-4-8-24(2)16-21-10-12(11-22-16)15(25)23-14-7-5-6-13(9-14)17(18,19)20/h5-7,9-11H,3-4,8H2,1-2H3,(H,23,25). The van der Waals surface area contributed by atoms with E-state index in [1.54, 1.807) is 0 Å². The van der Waals surface area contributed by atoms with Crippen molar-refractivity contribution in [1.82, 2.24) is 9.97 Å². The van der Waals surface area contributed by atoms with Crippen LogP contribution >= 0.6 is 0 Å². The fraction of sp³-hybridized carbons (Fsp3) is 0.353. The molecule has 0 unspecified atom stereocenters. The Hall–Kier alpha value is -2.64. The van der Waals surface area contributed by atoms with Crippen LogP contribution in [0.1, 0.15) is 35.7 Å². The van der Waals surface area contributed by atoms with E-state index in [4.69, 9.17) is 0 Å². The normalized spacial score (nSPS) is 11.2. The summed E-state index contributed by atoms with van der Waals surface area (Å²) in [5, 5.41) is 2.42. The maximum Gasteiger partial charge on any atom is 0.416 e. The summed E-state index contributed by atoms with van der Waals surface area (Å²) in [4.78, 5) is 22.3. The number of alkyl halides is 3. The predicted molar refractivity (Wildman–Crippen MR) is 89.6 cm³/mol. The largest absolute Gasteiger partial charge is 0.416 e. The van der Waals surface area contributed by atoms with Gasteiger partial charge in [0.2, 0.25) is 5.95 Å². The number of anilines is 2. The first-order chi connectivity index (χ1) is 11.8. The number of nitrogens with one attached hydrogen (secondary N) is 1. The lowest BCUT2D eigenvalue weighted by Gasteiger charge is -2.16. The van der Waals surface area contributed by atoms with Crippen molar-refractivity contribution >= 4 is 17.5 Å². The molecule has 0 aliphatic heterocycles. The van der Waals surface area contributed by atoms with Crippen molar-refractivity contribution in [2.45, 2.75) is 25.9 Å². The molecule has 1 aromatic heterocycles. The monoisotopic (exact) mass is 352 g/mol. The molecule has 0 aliphatic rings. The van der Waals surface area contributed by atoms with Gasteiger partial charge in [0.1, 0.15) is 0 Å². The predicted octanol–water partition coefficient (Wildman–Crippen LogP) is 3.98. The van der Waals surface area contributed by atoms with Gasteiger partial charge < -0.3 is 10.2 Å². The average molecular weight is 352 g/mol. The number of hydrogen-bond acceptors (Lipinski definition) is 4. The van der Waals surface area contributed by atoms with Crippen molar-refractivity contribution in [2.75, 3.05) is 23.8 Å². The molecule has 0 atom stereocenters. The van der Waals surface area contributed by atoms with Crippen LogP contribution in [0.4, 0.5) is 24.8 Å². The number of aromatic nitrogens is 2. The molecule has 0 saturated heterocycles. The third-order valence-electron chi connectivity index (χ3n) is 3.54. The van der Waals surface area contributed by atoms with Gasteiger partial charge in [0.05, 0.1) is 11.1 Å². The maximum absolute atomic E-state index is 12.7. The summed E-state index contributed by atoms with van der Waals surface area (Å²) < 4.78 is 38.1. The van der Waals surface area contributed by atoms with Gasteiger partial charge in [-0.05, 0) is 24.6 Å². The molecule has 8 heteroatoms. The highest BCUT2D eigenvalue weighted by Gasteiger charge is 2.30. The molecule has 0 spiro atoms. The summed E-state index contributed by atoms with van der Waals surface area (Å²) in [6, 6.07) is 4.45. The molecule has 1 aromatic carbocycles. The molecule has 0 saturated carbocycles. The maximum atomic E-state index is 12.7. The SMILES string of the molecule is CCCCN(C)c1ncc(C(=O)Nc2cccc(C(F)(F)F)c2)cn1. The van der Waals surface area contributed by atoms with Gasteiger partial charge in [-0.15, -0.1) is 0 Å². The van der Waals surface area contributed by atoms with E-state index in [-0.39, 0.29) is 11.3 Å². The first-order valence-electron chi connectivity index (χ1n) is 7.83. The van der Waals surface area contributed by atoms with Crippen LogP contribution in [0.15, 0.2) is 36.7 Å². The Labute approximate surface area is 143 Å². The molecule has 0 radical (unpaired) electrons. The molecular formula is C17H19F3N4O. The van der Waals surface area contributed by atoms with E-state index in [1.807, 2.05) is 11.9 Å². The van der Waals surface area contributed by atoms with E-state index >= 15 is 0 Å². The van der Waals surface area contributed by atoms with E-state index in [1.165, 1.54) is 24.5 Å². The molecule has 25 heavy (non-hydrogen) atoms. The van der Waals surface area contributed by atoms with Crippen molar-refractivity contribution in [3.8, 4) is 0 Å². The number of halogens is 3. The highest BCUT2D eigenvalue weighted by Crippen LogP contribution is 2.30. The van der Waals surface area contributed by atoms with E-state index < -0.39 is 17.6 Å². The van der Waals surface area contributed by atoms with Crippen LogP contribution in [0.25, 0.3) is 0 Å². The number of carbonyl (C=O) groups is 1. The number of amides is 1. The zero-order valence-electron chi connectivity index (χ0n) is 14.0. The zero-order valence-corrected chi connectivity index (χ0v) is 14.0. The summed E-state index contributed by atoms with van der Waals surface area (Å²) in [7, 11) is 1.85. The Kier molecular flexibility index (Phi) is 5.95. The lowest BCUT2D eigenvalue weighted by molar-refractivity contribution is -0.137. The molecule has 0 bridgehead atoms. The number of nitrogens with zero attached hydrogens (tertiary/aromatic N) is 3. The summed E-state index contributed by atoms with van der Waals surface area (Å²) in [5.74, 6) is -0.0776. The van der Waals surface area contributed by atoms with Gasteiger partial charge in [-0.1, -0.05) is 19.4 Å². The fourth-order valence-corrected chi connectivity index (χ4v) is 2.11. The van der Waals surface area contributed by atoms with Crippen LogP contribution in [-0.2, 0) is 6.18 Å². The first kappa shape index (κ1) is 18.7. The van der Waals surface area contributed by atoms with Crippen molar-refractivity contribution in [2.24, 2.45) is 0 Å². The average Bonchev–Trinajstić information content (AvgIpc) is 2.59. The Morgan fingerprint density at radius 2 is 1.92 bits per heavy atom. The van der Waals surface area contributed by atoms with Crippen LogP contribution in [0, 0.1) is 0 Å². The topological polar surface area (TPSA) is 58.1 Å². The summed E-state index contributed by atoms with van der Waals surface area (Å²) in [6.07, 6.45) is 0.287. The molecule has 2 aromatic rings. The van der Waals surface area contributed by atoms with Gasteiger partial charge in [0, 0.05) is 31.7 Å². The van der Waals surface area contributed by atoms with Crippen LogP contribution in [-0.4, -0.2) is 29.5 Å². The third-order valence-corrected chi connectivity index (χ3v) is 3.54. The molecule has 1 N–H and O–H groups in total. The van der Waals surface area contributed by atoms with Gasteiger partial charge in [-0.2, -0.15) is 13.2 Å². The lowest BCUT2D eigenvalue weighted by atomic mass is 10.2. The van der Waals surface area contributed by atoms with Crippen LogP contribution in [0.5, 0.6) is 0 Å². The zero-order chi connectivity index (χ0) is 18.4. The molecule has 0 fully saturated rings. The molecule has 0 aliphatic carbocycles. The lowest BCUT2D eigenvalue weighted by Crippen LogP contribution is -2.21. The number of benzene rings is 1. The molecule has 2 rings (SSSR count). The van der Waals surface area contributed by atoms with Crippen molar-refractivity contribution < 1.29 is 18.0 Å². The van der Waals surface area contributed by atoms with Crippen LogP contribution < -0.4 is 10.2 Å². The Morgan fingerprint density at radius 3 is 2.52 bits per heavy atom.